The third-order valence-electron chi connectivity index (χ3n) is 5.48. The van der Waals surface area contributed by atoms with E-state index in [4.69, 9.17) is 9.15 Å². The van der Waals surface area contributed by atoms with E-state index in [0.717, 1.165) is 46.3 Å². The van der Waals surface area contributed by atoms with Crippen molar-refractivity contribution in [2.45, 2.75) is 19.3 Å². The molecule has 4 heteroatoms. The third-order valence-corrected chi connectivity index (χ3v) is 5.48. The van der Waals surface area contributed by atoms with Crippen LogP contribution in [0, 0.1) is 0 Å². The second kappa shape index (κ2) is 7.64. The Morgan fingerprint density at radius 3 is 2.61 bits per heavy atom. The van der Waals surface area contributed by atoms with Gasteiger partial charge in [0.1, 0.15) is 17.9 Å². The summed E-state index contributed by atoms with van der Waals surface area (Å²) in [7, 11) is 0. The number of piperidine rings is 1. The van der Waals surface area contributed by atoms with Gasteiger partial charge in [-0.25, -0.2) is 4.98 Å². The van der Waals surface area contributed by atoms with Crippen molar-refractivity contribution in [3.05, 3.63) is 60.7 Å². The monoisotopic (exact) mass is 372 g/mol. The normalized spacial score (nSPS) is 15.3. The highest BCUT2D eigenvalue weighted by Gasteiger charge is 2.11. The molecule has 1 aliphatic heterocycles. The second-order valence-corrected chi connectivity index (χ2v) is 7.46. The maximum atomic E-state index is 6.00. The van der Waals surface area contributed by atoms with Crippen LogP contribution in [0.4, 0.5) is 0 Å². The smallest absolute Gasteiger partial charge is 0.227 e. The Morgan fingerprint density at radius 1 is 0.893 bits per heavy atom. The van der Waals surface area contributed by atoms with E-state index in [1.54, 1.807) is 0 Å². The van der Waals surface area contributed by atoms with Gasteiger partial charge in [-0.05, 0) is 73.1 Å². The van der Waals surface area contributed by atoms with E-state index in [2.05, 4.69) is 40.2 Å². The number of rotatable bonds is 5. The van der Waals surface area contributed by atoms with Gasteiger partial charge in [-0.15, -0.1) is 0 Å². The average molecular weight is 372 g/mol. The molecular formula is C24H24N2O2. The first-order valence-corrected chi connectivity index (χ1v) is 10.1. The van der Waals surface area contributed by atoms with Crippen LogP contribution in [0.3, 0.4) is 0 Å². The highest BCUT2D eigenvalue weighted by molar-refractivity contribution is 5.88. The summed E-state index contributed by atoms with van der Waals surface area (Å²) in [6.45, 7) is 4.17. The van der Waals surface area contributed by atoms with Gasteiger partial charge in [-0.3, -0.25) is 4.90 Å². The highest BCUT2D eigenvalue weighted by Crippen LogP contribution is 2.29. The van der Waals surface area contributed by atoms with Gasteiger partial charge in [0.25, 0.3) is 0 Å². The first kappa shape index (κ1) is 17.3. The third kappa shape index (κ3) is 3.60. The lowest BCUT2D eigenvalue weighted by Crippen LogP contribution is -2.33. The van der Waals surface area contributed by atoms with E-state index in [1.807, 2.05) is 30.3 Å². The van der Waals surface area contributed by atoms with Crippen molar-refractivity contribution in [2.24, 2.45) is 0 Å². The molecule has 0 unspecified atom stereocenters. The molecule has 0 bridgehead atoms. The predicted octanol–water partition coefficient (Wildman–Crippen LogP) is 5.51. The van der Waals surface area contributed by atoms with Gasteiger partial charge < -0.3 is 9.15 Å². The fourth-order valence-corrected chi connectivity index (χ4v) is 3.92. The number of hydrogen-bond acceptors (Lipinski definition) is 4. The summed E-state index contributed by atoms with van der Waals surface area (Å²) in [4.78, 5) is 7.09. The molecule has 0 spiro atoms. The lowest BCUT2D eigenvalue weighted by molar-refractivity contribution is 0.183. The molecule has 1 saturated heterocycles. The van der Waals surface area contributed by atoms with Gasteiger partial charge in [-0.2, -0.15) is 0 Å². The van der Waals surface area contributed by atoms with E-state index in [0.29, 0.717) is 5.89 Å². The molecule has 28 heavy (non-hydrogen) atoms. The Balaban J connectivity index is 1.31. The Kier molecular flexibility index (Phi) is 4.71. The molecule has 0 radical (unpaired) electrons. The van der Waals surface area contributed by atoms with Crippen molar-refractivity contribution in [2.75, 3.05) is 26.2 Å². The molecular weight excluding hydrogens is 348 g/mol. The van der Waals surface area contributed by atoms with Crippen LogP contribution in [-0.2, 0) is 0 Å². The fourth-order valence-electron chi connectivity index (χ4n) is 3.92. The Labute approximate surface area is 164 Å². The lowest BCUT2D eigenvalue weighted by atomic mass is 10.1. The van der Waals surface area contributed by atoms with Gasteiger partial charge in [0.05, 0.1) is 0 Å². The number of ether oxygens (including phenoxy) is 1. The van der Waals surface area contributed by atoms with E-state index in [9.17, 15) is 0 Å². The van der Waals surface area contributed by atoms with E-state index < -0.39 is 0 Å². The Hall–Kier alpha value is -2.85. The molecule has 4 nitrogen and oxygen atoms in total. The Morgan fingerprint density at radius 2 is 1.71 bits per heavy atom. The van der Waals surface area contributed by atoms with Crippen LogP contribution in [0.2, 0.25) is 0 Å². The standard InChI is InChI=1S/C24H24N2O2/c1-4-12-26(13-5-1)14-15-27-21-11-10-18-16-20(9-8-19(18)17-21)24-25-22-6-2-3-7-23(22)28-24/h2-3,6-11,16-17H,1,4-5,12-15H2. The zero-order chi connectivity index (χ0) is 18.8. The number of oxazole rings is 1. The Bertz CT molecular complexity index is 1060. The largest absolute Gasteiger partial charge is 0.492 e. The van der Waals surface area contributed by atoms with Crippen LogP contribution in [0.15, 0.2) is 65.1 Å². The number of aromatic nitrogens is 1. The topological polar surface area (TPSA) is 38.5 Å². The van der Waals surface area contributed by atoms with Gasteiger partial charge in [-0.1, -0.05) is 30.7 Å². The molecule has 1 aliphatic rings. The summed E-state index contributed by atoms with van der Waals surface area (Å²) < 4.78 is 11.9. The van der Waals surface area contributed by atoms with E-state index in [1.165, 1.54) is 32.4 Å². The van der Waals surface area contributed by atoms with E-state index >= 15 is 0 Å². The first-order chi connectivity index (χ1) is 13.8. The summed E-state index contributed by atoms with van der Waals surface area (Å²) in [5, 5.41) is 2.32. The van der Waals surface area contributed by atoms with Crippen LogP contribution >= 0.6 is 0 Å². The molecule has 0 N–H and O–H groups in total. The van der Waals surface area contributed by atoms with Crippen LogP contribution in [-0.4, -0.2) is 36.1 Å². The van der Waals surface area contributed by atoms with Crippen molar-refractivity contribution in [3.63, 3.8) is 0 Å². The van der Waals surface area contributed by atoms with Crippen LogP contribution in [0.5, 0.6) is 5.75 Å². The first-order valence-electron chi connectivity index (χ1n) is 10.1. The van der Waals surface area contributed by atoms with Crippen molar-refractivity contribution < 1.29 is 9.15 Å². The van der Waals surface area contributed by atoms with Gasteiger partial charge in [0, 0.05) is 12.1 Å². The van der Waals surface area contributed by atoms with Crippen molar-refractivity contribution >= 4 is 21.9 Å². The molecule has 5 rings (SSSR count). The SMILES string of the molecule is c1ccc2oc(-c3ccc4cc(OCCN5CCCCC5)ccc4c3)nc2c1. The van der Waals surface area contributed by atoms with Crippen molar-refractivity contribution in [1.82, 2.24) is 9.88 Å². The number of benzene rings is 3. The average Bonchev–Trinajstić information content (AvgIpc) is 3.18. The molecule has 4 aromatic rings. The van der Waals surface area contributed by atoms with Crippen LogP contribution < -0.4 is 4.74 Å². The minimum absolute atomic E-state index is 0.657. The second-order valence-electron chi connectivity index (χ2n) is 7.46. The molecule has 3 aromatic carbocycles. The highest BCUT2D eigenvalue weighted by atomic mass is 16.5. The van der Waals surface area contributed by atoms with E-state index in [-0.39, 0.29) is 0 Å². The molecule has 1 fully saturated rings. The summed E-state index contributed by atoms with van der Waals surface area (Å²) in [6, 6.07) is 20.4. The summed E-state index contributed by atoms with van der Waals surface area (Å²) >= 11 is 0. The zero-order valence-corrected chi connectivity index (χ0v) is 15.9. The predicted molar refractivity (Wildman–Crippen MR) is 113 cm³/mol. The minimum atomic E-state index is 0.657. The fraction of sp³-hybridized carbons (Fsp3) is 0.292. The molecule has 0 aliphatic carbocycles. The number of fused-ring (bicyclic) bond motifs is 2. The molecule has 0 saturated carbocycles. The van der Waals surface area contributed by atoms with Gasteiger partial charge >= 0.3 is 0 Å². The number of para-hydroxylation sites is 2. The number of likely N-dealkylation sites (tertiary alicyclic amines) is 1. The maximum Gasteiger partial charge on any atom is 0.227 e. The molecule has 1 aromatic heterocycles. The van der Waals surface area contributed by atoms with Crippen molar-refractivity contribution in [1.29, 1.82) is 0 Å². The van der Waals surface area contributed by atoms with Gasteiger partial charge in [0.15, 0.2) is 5.58 Å². The zero-order valence-electron chi connectivity index (χ0n) is 15.9. The molecule has 142 valence electrons. The van der Waals surface area contributed by atoms with Crippen LogP contribution in [0.25, 0.3) is 33.3 Å². The van der Waals surface area contributed by atoms with Crippen LogP contribution in [0.1, 0.15) is 19.3 Å². The number of nitrogens with zero attached hydrogens (tertiary/aromatic N) is 2. The molecule has 2 heterocycles. The molecule has 0 atom stereocenters. The summed E-state index contributed by atoms with van der Waals surface area (Å²) in [5.74, 6) is 1.59. The summed E-state index contributed by atoms with van der Waals surface area (Å²) in [6.07, 6.45) is 4.00. The minimum Gasteiger partial charge on any atom is -0.492 e. The lowest BCUT2D eigenvalue weighted by Gasteiger charge is -2.26. The quantitative estimate of drug-likeness (QED) is 0.463. The van der Waals surface area contributed by atoms with Crippen molar-refractivity contribution in [3.8, 4) is 17.2 Å². The molecule has 0 amide bonds. The summed E-state index contributed by atoms with van der Waals surface area (Å²) in [5.41, 5.74) is 2.69. The van der Waals surface area contributed by atoms with Gasteiger partial charge in [0.2, 0.25) is 5.89 Å². The number of hydrogen-bond donors (Lipinski definition) is 0. The maximum absolute atomic E-state index is 6.00.